The van der Waals surface area contributed by atoms with E-state index in [0.29, 0.717) is 0 Å². The van der Waals surface area contributed by atoms with E-state index >= 15 is 0 Å². The van der Waals surface area contributed by atoms with Gasteiger partial charge in [0.15, 0.2) is 0 Å². The van der Waals surface area contributed by atoms with E-state index in [1.807, 2.05) is 0 Å². The Morgan fingerprint density at radius 1 is 1.60 bits per heavy atom. The molecule has 3 fully saturated rings. The van der Waals surface area contributed by atoms with Gasteiger partial charge in [0.05, 0.1) is 0 Å². The molecule has 0 aromatic heterocycles. The van der Waals surface area contributed by atoms with Crippen LogP contribution in [0.4, 0.5) is 0 Å². The van der Waals surface area contributed by atoms with E-state index in [9.17, 15) is 0 Å². The zero-order valence-electron chi connectivity index (χ0n) is 6.57. The summed E-state index contributed by atoms with van der Waals surface area (Å²) in [5, 5.41) is 0. The Morgan fingerprint density at radius 2 is 2.40 bits per heavy atom. The molecule has 0 heterocycles. The molecule has 0 N–H and O–H groups in total. The number of hydrogen-bond donors (Lipinski definition) is 0. The zero-order chi connectivity index (χ0) is 7.19. The molecule has 1 heteroatoms. The van der Waals surface area contributed by atoms with E-state index in [-0.39, 0.29) is 0 Å². The molecule has 0 nitrogen and oxygen atoms in total. The van der Waals surface area contributed by atoms with Crippen LogP contribution in [0.25, 0.3) is 0 Å². The van der Waals surface area contributed by atoms with Gasteiger partial charge in [-0.05, 0) is 37.0 Å². The Labute approximate surface area is 76.9 Å². The van der Waals surface area contributed by atoms with Crippen molar-refractivity contribution in [2.24, 2.45) is 11.3 Å². The van der Waals surface area contributed by atoms with Gasteiger partial charge in [0.25, 0.3) is 0 Å². The molecule has 3 atom stereocenters. The quantitative estimate of drug-likeness (QED) is 0.494. The van der Waals surface area contributed by atoms with Crippen LogP contribution < -0.4 is 0 Å². The lowest BCUT2D eigenvalue weighted by atomic mass is 9.53. The smallest absolute Gasteiger partial charge is 0.0194 e. The second-order valence-electron chi connectivity index (χ2n) is 3.97. The van der Waals surface area contributed by atoms with E-state index in [1.54, 1.807) is 6.42 Å². The van der Waals surface area contributed by atoms with Gasteiger partial charge in [-0.25, -0.2) is 0 Å². The molecule has 0 spiro atoms. The zero-order valence-corrected chi connectivity index (χ0v) is 8.73. The summed E-state index contributed by atoms with van der Waals surface area (Å²) in [7, 11) is 0. The van der Waals surface area contributed by atoms with Crippen LogP contribution >= 0.6 is 22.6 Å². The Hall–Kier alpha value is 0.730. The minimum Gasteiger partial charge on any atom is -0.0817 e. The molecule has 2 unspecified atom stereocenters. The normalized spacial score (nSPS) is 52.2. The van der Waals surface area contributed by atoms with Crippen LogP contribution in [0.2, 0.25) is 0 Å². The van der Waals surface area contributed by atoms with Crippen LogP contribution in [0.3, 0.4) is 0 Å². The molecule has 3 rings (SSSR count). The van der Waals surface area contributed by atoms with Gasteiger partial charge >= 0.3 is 0 Å². The van der Waals surface area contributed by atoms with Crippen molar-refractivity contribution in [3.63, 3.8) is 0 Å². The second-order valence-corrected chi connectivity index (χ2v) is 5.32. The SMILES string of the molecule is CC[C@]12CCCC(C1)C2I. The van der Waals surface area contributed by atoms with Gasteiger partial charge in [-0.1, -0.05) is 35.9 Å². The average Bonchev–Trinajstić information content (AvgIpc) is 2.04. The third kappa shape index (κ3) is 0.788. The lowest BCUT2D eigenvalue weighted by Gasteiger charge is -2.57. The van der Waals surface area contributed by atoms with E-state index < -0.39 is 0 Å². The lowest BCUT2D eigenvalue weighted by molar-refractivity contribution is 0.0131. The van der Waals surface area contributed by atoms with Crippen molar-refractivity contribution >= 4 is 22.6 Å². The first-order chi connectivity index (χ1) is 4.78. The molecule has 0 aliphatic heterocycles. The molecule has 0 saturated heterocycles. The highest BCUT2D eigenvalue weighted by molar-refractivity contribution is 14.1. The molecule has 2 bridgehead atoms. The van der Waals surface area contributed by atoms with Gasteiger partial charge in [0.1, 0.15) is 0 Å². The first kappa shape index (κ1) is 7.38. The van der Waals surface area contributed by atoms with Crippen LogP contribution in [0.1, 0.15) is 39.0 Å². The fraction of sp³-hybridized carbons (Fsp3) is 1.00. The maximum atomic E-state index is 2.69. The van der Waals surface area contributed by atoms with Crippen molar-refractivity contribution in [3.05, 3.63) is 0 Å². The van der Waals surface area contributed by atoms with Gasteiger partial charge in [-0.3, -0.25) is 0 Å². The van der Waals surface area contributed by atoms with E-state index in [0.717, 1.165) is 15.3 Å². The Bertz CT molecular complexity index is 140. The third-order valence-corrected chi connectivity index (χ3v) is 5.96. The summed E-state index contributed by atoms with van der Waals surface area (Å²) in [6.07, 6.45) is 7.54. The second kappa shape index (κ2) is 2.36. The van der Waals surface area contributed by atoms with Gasteiger partial charge < -0.3 is 0 Å². The lowest BCUT2D eigenvalue weighted by Crippen LogP contribution is -2.51. The van der Waals surface area contributed by atoms with Crippen molar-refractivity contribution in [3.8, 4) is 0 Å². The highest BCUT2D eigenvalue weighted by Gasteiger charge is 2.52. The van der Waals surface area contributed by atoms with Crippen LogP contribution in [0.5, 0.6) is 0 Å². The molecule has 3 aliphatic rings. The summed E-state index contributed by atoms with van der Waals surface area (Å²) < 4.78 is 1.03. The molecular weight excluding hydrogens is 235 g/mol. The fourth-order valence-corrected chi connectivity index (χ4v) is 4.42. The molecule has 0 aromatic carbocycles. The standard InChI is InChI=1S/C9H15I/c1-2-9-5-3-4-7(6-9)8(9)10/h7-8H,2-6H2,1H3/t7?,8?,9-/m0/s1. The summed E-state index contributed by atoms with van der Waals surface area (Å²) in [5.41, 5.74) is 0.809. The molecule has 0 amide bonds. The molecule has 0 aromatic rings. The van der Waals surface area contributed by atoms with Crippen LogP contribution in [-0.2, 0) is 0 Å². The Kier molecular flexibility index (Phi) is 1.74. The summed E-state index contributed by atoms with van der Waals surface area (Å²) >= 11 is 2.69. The first-order valence-corrected chi connectivity index (χ1v) is 5.67. The molecular formula is C9H15I. The summed E-state index contributed by atoms with van der Waals surface area (Å²) in [6, 6.07) is 0. The fourth-order valence-electron chi connectivity index (χ4n) is 2.80. The summed E-state index contributed by atoms with van der Waals surface area (Å²) in [6.45, 7) is 2.37. The predicted molar refractivity (Wildman–Crippen MR) is 52.5 cm³/mol. The maximum Gasteiger partial charge on any atom is 0.0194 e. The topological polar surface area (TPSA) is 0 Å². The average molecular weight is 250 g/mol. The Balaban J connectivity index is 2.10. The van der Waals surface area contributed by atoms with Gasteiger partial charge in [0, 0.05) is 3.92 Å². The van der Waals surface area contributed by atoms with Crippen molar-refractivity contribution in [1.29, 1.82) is 0 Å². The maximum absolute atomic E-state index is 2.69. The number of halogens is 1. The largest absolute Gasteiger partial charge is 0.0817 e. The van der Waals surface area contributed by atoms with Crippen molar-refractivity contribution in [2.75, 3.05) is 0 Å². The van der Waals surface area contributed by atoms with Gasteiger partial charge in [0.2, 0.25) is 0 Å². The minimum atomic E-state index is 0.809. The van der Waals surface area contributed by atoms with Crippen LogP contribution in [-0.4, -0.2) is 3.92 Å². The van der Waals surface area contributed by atoms with E-state index in [2.05, 4.69) is 29.5 Å². The van der Waals surface area contributed by atoms with Crippen LogP contribution in [0, 0.1) is 11.3 Å². The van der Waals surface area contributed by atoms with Crippen molar-refractivity contribution < 1.29 is 0 Å². The number of hydrogen-bond acceptors (Lipinski definition) is 0. The third-order valence-electron chi connectivity index (χ3n) is 3.62. The monoisotopic (exact) mass is 250 g/mol. The molecule has 3 aliphatic carbocycles. The minimum absolute atomic E-state index is 0.809. The number of fused-ring (bicyclic) bond motifs is 2. The highest BCUT2D eigenvalue weighted by Crippen LogP contribution is 2.60. The van der Waals surface area contributed by atoms with Gasteiger partial charge in [-0.15, -0.1) is 0 Å². The van der Waals surface area contributed by atoms with E-state index in [1.165, 1.54) is 25.7 Å². The highest BCUT2D eigenvalue weighted by atomic mass is 127. The molecule has 58 valence electrons. The number of alkyl halides is 1. The predicted octanol–water partition coefficient (Wildman–Crippen LogP) is 3.39. The molecule has 0 radical (unpaired) electrons. The summed E-state index contributed by atoms with van der Waals surface area (Å²) in [4.78, 5) is 0. The first-order valence-electron chi connectivity index (χ1n) is 4.42. The summed E-state index contributed by atoms with van der Waals surface area (Å²) in [5.74, 6) is 1.11. The van der Waals surface area contributed by atoms with E-state index in [4.69, 9.17) is 0 Å². The molecule has 3 saturated carbocycles. The van der Waals surface area contributed by atoms with Crippen molar-refractivity contribution in [1.82, 2.24) is 0 Å². The van der Waals surface area contributed by atoms with Crippen LogP contribution in [0.15, 0.2) is 0 Å². The Morgan fingerprint density at radius 3 is 2.80 bits per heavy atom. The molecule has 10 heavy (non-hydrogen) atoms. The number of rotatable bonds is 1. The van der Waals surface area contributed by atoms with Gasteiger partial charge in [-0.2, -0.15) is 0 Å². The van der Waals surface area contributed by atoms with Crippen molar-refractivity contribution in [2.45, 2.75) is 43.0 Å².